The molecule has 2 heterocycles. The van der Waals surface area contributed by atoms with Crippen molar-refractivity contribution in [3.8, 4) is 0 Å². The Kier molecular flexibility index (Phi) is 3.78. The fourth-order valence-corrected chi connectivity index (χ4v) is 2.82. The maximum atomic E-state index is 12.6. The molecule has 2 aromatic heterocycles. The minimum atomic E-state index is -0.229. The Morgan fingerprint density at radius 3 is 2.96 bits per heavy atom. The summed E-state index contributed by atoms with van der Waals surface area (Å²) in [7, 11) is 0. The maximum Gasteiger partial charge on any atom is 0.276 e. The van der Waals surface area contributed by atoms with Crippen LogP contribution in [0.25, 0.3) is 10.9 Å². The fraction of sp³-hybridized carbons (Fsp3) is 0.105. The molecule has 124 valence electrons. The van der Waals surface area contributed by atoms with Crippen LogP contribution in [0.1, 0.15) is 21.6 Å². The second-order valence-corrected chi connectivity index (χ2v) is 5.98. The van der Waals surface area contributed by atoms with Gasteiger partial charge in [0.1, 0.15) is 0 Å². The van der Waals surface area contributed by atoms with E-state index in [2.05, 4.69) is 20.6 Å². The molecule has 2 N–H and O–H groups in total. The molecule has 1 amide bonds. The molecule has 4 aromatic rings. The van der Waals surface area contributed by atoms with Gasteiger partial charge in [-0.25, -0.2) is 0 Å². The molecule has 0 saturated carbocycles. The molecule has 0 spiro atoms. The first-order valence-electron chi connectivity index (χ1n) is 8.01. The van der Waals surface area contributed by atoms with Crippen molar-refractivity contribution in [3.63, 3.8) is 0 Å². The van der Waals surface area contributed by atoms with E-state index in [1.54, 1.807) is 6.20 Å². The lowest BCUT2D eigenvalue weighted by Gasteiger charge is -2.07. The number of fused-ring (bicyclic) bond motifs is 1. The molecule has 0 fully saturated rings. The lowest BCUT2D eigenvalue weighted by molar-refractivity contribution is 0.102. The predicted molar refractivity (Wildman–Crippen MR) is 96.6 cm³/mol. The minimum absolute atomic E-state index is 0.229. The molecule has 25 heavy (non-hydrogen) atoms. The lowest BCUT2D eigenvalue weighted by atomic mass is 10.1. The zero-order chi connectivity index (χ0) is 17.2. The number of amides is 1. The second-order valence-electron chi connectivity index (χ2n) is 5.98. The highest BCUT2D eigenvalue weighted by Gasteiger charge is 2.14. The first-order valence-corrected chi connectivity index (χ1v) is 8.01. The molecule has 0 unspecified atom stereocenters. The summed E-state index contributed by atoms with van der Waals surface area (Å²) in [6, 6.07) is 15.5. The average molecular weight is 331 g/mol. The monoisotopic (exact) mass is 331 g/mol. The molecule has 6 nitrogen and oxygen atoms in total. The number of nitrogens with zero attached hydrogens (tertiary/aromatic N) is 3. The third-order valence-electron chi connectivity index (χ3n) is 4.02. The van der Waals surface area contributed by atoms with E-state index in [4.69, 9.17) is 0 Å². The van der Waals surface area contributed by atoms with Gasteiger partial charge in [-0.3, -0.25) is 14.6 Å². The van der Waals surface area contributed by atoms with E-state index in [-0.39, 0.29) is 5.91 Å². The van der Waals surface area contributed by atoms with Crippen LogP contribution >= 0.6 is 0 Å². The van der Waals surface area contributed by atoms with Crippen LogP contribution in [0.5, 0.6) is 0 Å². The number of anilines is 1. The van der Waals surface area contributed by atoms with E-state index in [0.717, 1.165) is 27.7 Å². The Hall–Kier alpha value is -3.41. The standard InChI is InChI=1S/C19H17N5O/c1-13-6-7-17-16(10-13)18(23-22-17)19(25)21-15-5-2-4-14(11-15)12-24-9-3-8-20-24/h2-11H,12H2,1H3,(H,21,25)(H,22,23). The number of rotatable bonds is 4. The van der Waals surface area contributed by atoms with E-state index in [1.807, 2.05) is 66.3 Å². The van der Waals surface area contributed by atoms with Gasteiger partial charge in [0.05, 0.1) is 12.1 Å². The van der Waals surface area contributed by atoms with Gasteiger partial charge in [-0.1, -0.05) is 23.8 Å². The van der Waals surface area contributed by atoms with Gasteiger partial charge in [0.2, 0.25) is 0 Å². The number of nitrogens with one attached hydrogen (secondary N) is 2. The van der Waals surface area contributed by atoms with Crippen molar-refractivity contribution in [2.24, 2.45) is 0 Å². The van der Waals surface area contributed by atoms with E-state index in [1.165, 1.54) is 0 Å². The van der Waals surface area contributed by atoms with Crippen LogP contribution < -0.4 is 5.32 Å². The minimum Gasteiger partial charge on any atom is -0.321 e. The third-order valence-corrected chi connectivity index (χ3v) is 4.02. The van der Waals surface area contributed by atoms with Crippen molar-refractivity contribution in [2.45, 2.75) is 13.5 Å². The highest BCUT2D eigenvalue weighted by atomic mass is 16.1. The molecule has 0 aliphatic carbocycles. The average Bonchev–Trinajstić information content (AvgIpc) is 3.24. The van der Waals surface area contributed by atoms with Crippen molar-refractivity contribution in [3.05, 3.63) is 77.7 Å². The van der Waals surface area contributed by atoms with Crippen LogP contribution in [0.4, 0.5) is 5.69 Å². The quantitative estimate of drug-likeness (QED) is 0.602. The van der Waals surface area contributed by atoms with E-state index >= 15 is 0 Å². The number of carbonyl (C=O) groups is 1. The first kappa shape index (κ1) is 15.1. The molecule has 0 atom stereocenters. The Morgan fingerprint density at radius 2 is 2.12 bits per heavy atom. The summed E-state index contributed by atoms with van der Waals surface area (Å²) in [6.07, 6.45) is 3.65. The number of aromatic amines is 1. The van der Waals surface area contributed by atoms with Crippen LogP contribution in [-0.4, -0.2) is 25.9 Å². The summed E-state index contributed by atoms with van der Waals surface area (Å²) < 4.78 is 1.84. The second kappa shape index (κ2) is 6.24. The van der Waals surface area contributed by atoms with Gasteiger partial charge >= 0.3 is 0 Å². The van der Waals surface area contributed by atoms with Crippen molar-refractivity contribution in [1.82, 2.24) is 20.0 Å². The molecule has 0 radical (unpaired) electrons. The Labute approximate surface area is 144 Å². The highest BCUT2D eigenvalue weighted by Crippen LogP contribution is 2.19. The Morgan fingerprint density at radius 1 is 1.20 bits per heavy atom. The normalized spacial score (nSPS) is 10.9. The number of benzene rings is 2. The summed E-state index contributed by atoms with van der Waals surface area (Å²) in [6.45, 7) is 2.65. The molecule has 6 heteroatoms. The van der Waals surface area contributed by atoms with Gasteiger partial charge in [0.15, 0.2) is 5.69 Å². The largest absolute Gasteiger partial charge is 0.321 e. The van der Waals surface area contributed by atoms with Crippen molar-refractivity contribution in [2.75, 3.05) is 5.32 Å². The third kappa shape index (κ3) is 3.14. The van der Waals surface area contributed by atoms with Crippen LogP contribution in [0, 0.1) is 6.92 Å². The van der Waals surface area contributed by atoms with Gasteiger partial charge in [0.25, 0.3) is 5.91 Å². The van der Waals surface area contributed by atoms with Crippen molar-refractivity contribution >= 4 is 22.5 Å². The zero-order valence-corrected chi connectivity index (χ0v) is 13.7. The highest BCUT2D eigenvalue weighted by molar-refractivity contribution is 6.11. The summed E-state index contributed by atoms with van der Waals surface area (Å²) in [4.78, 5) is 12.6. The van der Waals surface area contributed by atoms with Crippen molar-refractivity contribution < 1.29 is 4.79 Å². The van der Waals surface area contributed by atoms with Gasteiger partial charge in [-0.15, -0.1) is 0 Å². The lowest BCUT2D eigenvalue weighted by Crippen LogP contribution is -2.13. The van der Waals surface area contributed by atoms with E-state index < -0.39 is 0 Å². The summed E-state index contributed by atoms with van der Waals surface area (Å²) in [5.74, 6) is -0.229. The summed E-state index contributed by atoms with van der Waals surface area (Å²) in [5, 5.41) is 15.0. The molecule has 0 aliphatic heterocycles. The molecule has 0 saturated heterocycles. The SMILES string of the molecule is Cc1ccc2[nH]nc(C(=O)Nc3cccc(Cn4cccn4)c3)c2c1. The van der Waals surface area contributed by atoms with Crippen LogP contribution in [0.15, 0.2) is 60.9 Å². The van der Waals surface area contributed by atoms with Gasteiger partial charge in [0, 0.05) is 23.5 Å². The van der Waals surface area contributed by atoms with Gasteiger partial charge < -0.3 is 5.32 Å². The van der Waals surface area contributed by atoms with Crippen LogP contribution in [0.2, 0.25) is 0 Å². The maximum absolute atomic E-state index is 12.6. The molecular weight excluding hydrogens is 314 g/mol. The molecular formula is C19H17N5O. The fourth-order valence-electron chi connectivity index (χ4n) is 2.82. The zero-order valence-electron chi connectivity index (χ0n) is 13.7. The van der Waals surface area contributed by atoms with E-state index in [9.17, 15) is 4.79 Å². The molecule has 4 rings (SSSR count). The van der Waals surface area contributed by atoms with Gasteiger partial charge in [-0.05, 0) is 42.8 Å². The predicted octanol–water partition coefficient (Wildman–Crippen LogP) is 3.37. The molecule has 2 aromatic carbocycles. The Balaban J connectivity index is 1.57. The number of carbonyl (C=O) groups excluding carboxylic acids is 1. The van der Waals surface area contributed by atoms with Crippen LogP contribution in [0.3, 0.4) is 0 Å². The first-order chi connectivity index (χ1) is 12.2. The smallest absolute Gasteiger partial charge is 0.276 e. The van der Waals surface area contributed by atoms with E-state index in [0.29, 0.717) is 12.2 Å². The Bertz CT molecular complexity index is 1030. The van der Waals surface area contributed by atoms with Crippen LogP contribution in [-0.2, 0) is 6.54 Å². The molecule has 0 aliphatic rings. The number of aromatic nitrogens is 4. The number of H-pyrrole nitrogens is 1. The summed E-state index contributed by atoms with van der Waals surface area (Å²) in [5.41, 5.74) is 4.13. The van der Waals surface area contributed by atoms with Crippen molar-refractivity contribution in [1.29, 1.82) is 0 Å². The molecule has 0 bridgehead atoms. The van der Waals surface area contributed by atoms with Gasteiger partial charge in [-0.2, -0.15) is 10.2 Å². The number of aryl methyl sites for hydroxylation is 1. The number of hydrogen-bond donors (Lipinski definition) is 2. The number of hydrogen-bond acceptors (Lipinski definition) is 3. The topological polar surface area (TPSA) is 75.6 Å². The summed E-state index contributed by atoms with van der Waals surface area (Å²) >= 11 is 0.